The zero-order valence-electron chi connectivity index (χ0n) is 16.6. The van der Waals surface area contributed by atoms with Crippen molar-refractivity contribution in [1.29, 1.82) is 0 Å². The minimum atomic E-state index is 0.346. The summed E-state index contributed by atoms with van der Waals surface area (Å²) in [4.78, 5) is 0. The van der Waals surface area contributed by atoms with Crippen LogP contribution in [-0.4, -0.2) is 49.0 Å². The van der Waals surface area contributed by atoms with E-state index < -0.39 is 0 Å². The molecule has 0 saturated heterocycles. The molecule has 8 nitrogen and oxygen atoms in total. The van der Waals surface area contributed by atoms with E-state index in [1.54, 1.807) is 39.7 Å². The second-order valence-corrected chi connectivity index (χ2v) is 6.18. The van der Waals surface area contributed by atoms with Gasteiger partial charge in [0.15, 0.2) is 17.3 Å². The highest BCUT2D eigenvalue weighted by Gasteiger charge is 2.17. The van der Waals surface area contributed by atoms with Crippen molar-refractivity contribution in [1.82, 2.24) is 14.9 Å². The average Bonchev–Trinajstić information content (AvgIpc) is 3.12. The fourth-order valence-corrected chi connectivity index (χ4v) is 2.97. The number of hydrogen-bond acceptors (Lipinski definition) is 7. The van der Waals surface area contributed by atoms with E-state index in [2.05, 4.69) is 15.3 Å². The van der Waals surface area contributed by atoms with E-state index in [0.717, 1.165) is 11.3 Å². The van der Waals surface area contributed by atoms with Crippen LogP contribution in [0.4, 0.5) is 0 Å². The molecule has 1 aromatic heterocycles. The maximum absolute atomic E-state index is 5.64. The fraction of sp³-hybridized carbons (Fsp3) is 0.250. The molecule has 1 heterocycles. The molecule has 0 radical (unpaired) electrons. The Labute approximate surface area is 173 Å². The molecule has 0 atom stereocenters. The number of hydrogen-bond donors (Lipinski definition) is 1. The first-order valence-electron chi connectivity index (χ1n) is 8.86. The zero-order valence-corrected chi connectivity index (χ0v) is 17.4. The third-order valence-electron chi connectivity index (χ3n) is 4.10. The highest BCUT2D eigenvalue weighted by molar-refractivity contribution is 7.71. The van der Waals surface area contributed by atoms with Gasteiger partial charge in [-0.1, -0.05) is 12.1 Å². The molecule has 0 aliphatic carbocycles. The van der Waals surface area contributed by atoms with E-state index >= 15 is 0 Å². The van der Waals surface area contributed by atoms with Crippen LogP contribution in [0.2, 0.25) is 0 Å². The maximum atomic E-state index is 5.64. The second-order valence-electron chi connectivity index (χ2n) is 5.79. The van der Waals surface area contributed by atoms with Crippen LogP contribution in [0.3, 0.4) is 0 Å². The standard InChI is InChI=1S/C20H22N4O4S/c1-5-28-15-9-7-6-8-13(15)12-21-24-19(22-23-20(24)29)14-10-16(25-2)18(27-4)17(11-14)26-3/h6-12H,5H2,1-4H3,(H,23,29)/b21-12+. The van der Waals surface area contributed by atoms with Crippen LogP contribution < -0.4 is 18.9 Å². The Balaban J connectivity index is 2.07. The summed E-state index contributed by atoms with van der Waals surface area (Å²) >= 11 is 5.36. The number of nitrogens with zero attached hydrogens (tertiary/aromatic N) is 3. The smallest absolute Gasteiger partial charge is 0.216 e. The van der Waals surface area contributed by atoms with E-state index in [9.17, 15) is 0 Å². The molecular weight excluding hydrogens is 392 g/mol. The van der Waals surface area contributed by atoms with E-state index in [1.807, 2.05) is 31.2 Å². The van der Waals surface area contributed by atoms with Gasteiger partial charge < -0.3 is 18.9 Å². The minimum absolute atomic E-state index is 0.346. The van der Waals surface area contributed by atoms with E-state index in [4.69, 9.17) is 31.2 Å². The van der Waals surface area contributed by atoms with Crippen molar-refractivity contribution in [2.24, 2.45) is 5.10 Å². The van der Waals surface area contributed by atoms with Gasteiger partial charge in [0.1, 0.15) is 5.75 Å². The van der Waals surface area contributed by atoms with Gasteiger partial charge in [-0.2, -0.15) is 14.9 Å². The average molecular weight is 414 g/mol. The Hall–Kier alpha value is -3.33. The molecule has 2 aromatic carbocycles. The third-order valence-corrected chi connectivity index (χ3v) is 4.37. The molecule has 9 heteroatoms. The molecule has 29 heavy (non-hydrogen) atoms. The number of H-pyrrole nitrogens is 1. The number of benzene rings is 2. The minimum Gasteiger partial charge on any atom is -0.493 e. The van der Waals surface area contributed by atoms with Crippen LogP contribution >= 0.6 is 12.2 Å². The van der Waals surface area contributed by atoms with Crippen LogP contribution in [0.25, 0.3) is 11.4 Å². The molecule has 0 spiro atoms. The van der Waals surface area contributed by atoms with Gasteiger partial charge in [0.2, 0.25) is 10.5 Å². The van der Waals surface area contributed by atoms with Crippen LogP contribution in [0.5, 0.6) is 23.0 Å². The number of para-hydroxylation sites is 1. The topological polar surface area (TPSA) is 82.9 Å². The van der Waals surface area contributed by atoms with Gasteiger partial charge in [0, 0.05) is 11.1 Å². The van der Waals surface area contributed by atoms with Gasteiger partial charge in [-0.3, -0.25) is 0 Å². The number of aromatic nitrogens is 3. The summed E-state index contributed by atoms with van der Waals surface area (Å²) in [6.45, 7) is 2.50. The van der Waals surface area contributed by atoms with Crippen molar-refractivity contribution in [3.05, 3.63) is 46.7 Å². The molecule has 0 aliphatic heterocycles. The van der Waals surface area contributed by atoms with Gasteiger partial charge >= 0.3 is 0 Å². The number of nitrogens with one attached hydrogen (secondary N) is 1. The van der Waals surface area contributed by atoms with Crippen molar-refractivity contribution in [2.45, 2.75) is 6.92 Å². The lowest BCUT2D eigenvalue weighted by Gasteiger charge is -2.13. The Kier molecular flexibility index (Phi) is 6.50. The molecule has 0 amide bonds. The van der Waals surface area contributed by atoms with Crippen molar-refractivity contribution in [2.75, 3.05) is 27.9 Å². The molecule has 0 unspecified atom stereocenters. The Morgan fingerprint density at radius 2 is 1.76 bits per heavy atom. The number of aromatic amines is 1. The van der Waals surface area contributed by atoms with E-state index in [0.29, 0.717) is 40.0 Å². The van der Waals surface area contributed by atoms with Crippen molar-refractivity contribution in [3.8, 4) is 34.4 Å². The predicted molar refractivity (Wildman–Crippen MR) is 113 cm³/mol. The van der Waals surface area contributed by atoms with Crippen molar-refractivity contribution in [3.63, 3.8) is 0 Å². The highest BCUT2D eigenvalue weighted by atomic mass is 32.1. The summed E-state index contributed by atoms with van der Waals surface area (Å²) in [6, 6.07) is 11.2. The van der Waals surface area contributed by atoms with Crippen LogP contribution in [-0.2, 0) is 0 Å². The van der Waals surface area contributed by atoms with Gasteiger partial charge in [-0.05, 0) is 43.4 Å². The first kappa shape index (κ1) is 20.4. The van der Waals surface area contributed by atoms with Gasteiger partial charge in [0.25, 0.3) is 0 Å². The zero-order chi connectivity index (χ0) is 20.8. The fourth-order valence-electron chi connectivity index (χ4n) is 2.79. The second kappa shape index (κ2) is 9.24. The van der Waals surface area contributed by atoms with Gasteiger partial charge in [0.05, 0.1) is 34.2 Å². The SMILES string of the molecule is CCOc1ccccc1/C=N/n1c(-c2cc(OC)c(OC)c(OC)c2)n[nH]c1=S. The maximum Gasteiger partial charge on any atom is 0.216 e. The summed E-state index contributed by atoms with van der Waals surface area (Å²) in [5.41, 5.74) is 1.52. The summed E-state index contributed by atoms with van der Waals surface area (Å²) in [5.74, 6) is 2.75. The Morgan fingerprint density at radius 1 is 1.07 bits per heavy atom. The quantitative estimate of drug-likeness (QED) is 0.444. The summed E-state index contributed by atoms with van der Waals surface area (Å²) in [6.07, 6.45) is 1.68. The summed E-state index contributed by atoms with van der Waals surface area (Å²) in [7, 11) is 4.66. The molecule has 0 aliphatic rings. The monoisotopic (exact) mass is 414 g/mol. The number of ether oxygens (including phenoxy) is 4. The van der Waals surface area contributed by atoms with E-state index in [-0.39, 0.29) is 0 Å². The lowest BCUT2D eigenvalue weighted by atomic mass is 10.1. The first-order valence-corrected chi connectivity index (χ1v) is 9.27. The van der Waals surface area contributed by atoms with Gasteiger partial charge in [-0.25, -0.2) is 5.10 Å². The number of rotatable bonds is 8. The molecule has 0 bridgehead atoms. The lowest BCUT2D eigenvalue weighted by molar-refractivity contribution is 0.324. The highest BCUT2D eigenvalue weighted by Crippen LogP contribution is 2.40. The normalized spacial score (nSPS) is 10.9. The summed E-state index contributed by atoms with van der Waals surface area (Å²) < 4.78 is 23.7. The van der Waals surface area contributed by atoms with Crippen LogP contribution in [0, 0.1) is 4.77 Å². The molecule has 0 fully saturated rings. The summed E-state index contributed by atoms with van der Waals surface area (Å²) in [5, 5.41) is 11.6. The molecule has 3 aromatic rings. The van der Waals surface area contributed by atoms with Gasteiger partial charge in [-0.15, -0.1) is 0 Å². The molecule has 3 rings (SSSR count). The Morgan fingerprint density at radius 3 is 2.38 bits per heavy atom. The van der Waals surface area contributed by atoms with Crippen LogP contribution in [0.1, 0.15) is 12.5 Å². The third kappa shape index (κ3) is 4.24. The van der Waals surface area contributed by atoms with E-state index in [1.165, 1.54) is 4.68 Å². The van der Waals surface area contributed by atoms with Crippen LogP contribution in [0.15, 0.2) is 41.5 Å². The largest absolute Gasteiger partial charge is 0.493 e. The number of methoxy groups -OCH3 is 3. The molecule has 152 valence electrons. The van der Waals surface area contributed by atoms with Crippen molar-refractivity contribution < 1.29 is 18.9 Å². The predicted octanol–water partition coefficient (Wildman–Crippen LogP) is 3.91. The lowest BCUT2D eigenvalue weighted by Crippen LogP contribution is -2.00. The van der Waals surface area contributed by atoms with Crippen molar-refractivity contribution >= 4 is 18.4 Å². The molecular formula is C20H22N4O4S. The molecule has 1 N–H and O–H groups in total. The Bertz CT molecular complexity index is 1050. The molecule has 0 saturated carbocycles. The first-order chi connectivity index (χ1) is 14.1.